The Kier molecular flexibility index (Phi) is 4.01. The maximum absolute atomic E-state index is 12.7. The molecule has 0 radical (unpaired) electrons. The molecule has 22 heavy (non-hydrogen) atoms. The Morgan fingerprint density at radius 1 is 1.18 bits per heavy atom. The highest BCUT2D eigenvalue weighted by Crippen LogP contribution is 2.21. The van der Waals surface area contributed by atoms with Crippen LogP contribution in [0.25, 0.3) is 0 Å². The van der Waals surface area contributed by atoms with Gasteiger partial charge in [0.2, 0.25) is 0 Å². The Balaban J connectivity index is 1.96. The van der Waals surface area contributed by atoms with Crippen molar-refractivity contribution in [3.05, 3.63) is 84.1 Å². The number of furan rings is 1. The van der Waals surface area contributed by atoms with Gasteiger partial charge in [0.15, 0.2) is 5.76 Å². The molecule has 4 heteroatoms. The van der Waals surface area contributed by atoms with Gasteiger partial charge >= 0.3 is 0 Å². The number of aromatic nitrogens is 1. The molecule has 0 atom stereocenters. The van der Waals surface area contributed by atoms with Crippen molar-refractivity contribution < 1.29 is 9.21 Å². The molecule has 1 aromatic carbocycles. The van der Waals surface area contributed by atoms with Crippen molar-refractivity contribution >= 4 is 11.6 Å². The smallest absolute Gasteiger partial charge is 0.294 e. The number of carbonyl (C=O) groups is 1. The van der Waals surface area contributed by atoms with Gasteiger partial charge in [0.1, 0.15) is 0 Å². The van der Waals surface area contributed by atoms with Gasteiger partial charge in [0, 0.05) is 18.1 Å². The Labute approximate surface area is 129 Å². The summed E-state index contributed by atoms with van der Waals surface area (Å²) in [6, 6.07) is 15.0. The van der Waals surface area contributed by atoms with Crippen LogP contribution in [0.2, 0.25) is 0 Å². The van der Waals surface area contributed by atoms with Crippen LogP contribution in [-0.2, 0) is 6.54 Å². The second kappa shape index (κ2) is 6.26. The highest BCUT2D eigenvalue weighted by Gasteiger charge is 2.20. The molecule has 0 bridgehead atoms. The van der Waals surface area contributed by atoms with Gasteiger partial charge in [-0.25, -0.2) is 0 Å². The first-order valence-corrected chi connectivity index (χ1v) is 7.05. The monoisotopic (exact) mass is 292 g/mol. The van der Waals surface area contributed by atoms with Gasteiger partial charge in [0.25, 0.3) is 5.91 Å². The Bertz CT molecular complexity index is 752. The fourth-order valence-corrected chi connectivity index (χ4v) is 2.28. The largest absolute Gasteiger partial charge is 0.459 e. The number of benzene rings is 1. The lowest BCUT2D eigenvalue weighted by atomic mass is 10.1. The van der Waals surface area contributed by atoms with E-state index in [1.54, 1.807) is 29.4 Å². The lowest BCUT2D eigenvalue weighted by Gasteiger charge is -2.22. The zero-order valence-electron chi connectivity index (χ0n) is 12.3. The van der Waals surface area contributed by atoms with Gasteiger partial charge in [-0.05, 0) is 48.4 Å². The van der Waals surface area contributed by atoms with Crippen LogP contribution in [0.15, 0.2) is 71.6 Å². The first kappa shape index (κ1) is 14.1. The van der Waals surface area contributed by atoms with E-state index in [2.05, 4.69) is 4.98 Å². The summed E-state index contributed by atoms with van der Waals surface area (Å²) in [7, 11) is 0. The van der Waals surface area contributed by atoms with E-state index in [1.165, 1.54) is 6.26 Å². The lowest BCUT2D eigenvalue weighted by molar-refractivity contribution is 0.0958. The molecule has 0 N–H and O–H groups in total. The number of rotatable bonds is 4. The van der Waals surface area contributed by atoms with Crippen molar-refractivity contribution in [2.75, 3.05) is 4.90 Å². The third-order valence-electron chi connectivity index (χ3n) is 3.35. The molecule has 110 valence electrons. The number of amides is 1. The minimum absolute atomic E-state index is 0.167. The summed E-state index contributed by atoms with van der Waals surface area (Å²) in [5, 5.41) is 0. The molecule has 2 aromatic heterocycles. The molecule has 3 rings (SSSR count). The molecule has 0 aliphatic rings. The SMILES string of the molecule is Cc1cccc(N(Cc2cccnc2)C(=O)c2ccco2)c1. The van der Waals surface area contributed by atoms with E-state index in [-0.39, 0.29) is 5.91 Å². The molecule has 3 aromatic rings. The van der Waals surface area contributed by atoms with Gasteiger partial charge in [0.05, 0.1) is 12.8 Å². The van der Waals surface area contributed by atoms with Crippen LogP contribution in [0.3, 0.4) is 0 Å². The summed E-state index contributed by atoms with van der Waals surface area (Å²) in [5.41, 5.74) is 2.90. The van der Waals surface area contributed by atoms with Crippen LogP contribution < -0.4 is 4.90 Å². The van der Waals surface area contributed by atoms with Crippen LogP contribution in [-0.4, -0.2) is 10.9 Å². The average Bonchev–Trinajstić information content (AvgIpc) is 3.07. The molecular weight excluding hydrogens is 276 g/mol. The fourth-order valence-electron chi connectivity index (χ4n) is 2.28. The maximum atomic E-state index is 12.7. The van der Waals surface area contributed by atoms with Gasteiger partial charge in [-0.1, -0.05) is 18.2 Å². The Morgan fingerprint density at radius 2 is 2.09 bits per heavy atom. The second-order valence-corrected chi connectivity index (χ2v) is 5.07. The first-order valence-electron chi connectivity index (χ1n) is 7.05. The topological polar surface area (TPSA) is 46.3 Å². The van der Waals surface area contributed by atoms with Crippen LogP contribution >= 0.6 is 0 Å². The number of pyridine rings is 1. The number of carbonyl (C=O) groups excluding carboxylic acids is 1. The van der Waals surface area contributed by atoms with Crippen LogP contribution in [0.5, 0.6) is 0 Å². The lowest BCUT2D eigenvalue weighted by Crippen LogP contribution is -2.30. The minimum atomic E-state index is -0.167. The van der Waals surface area contributed by atoms with Crippen LogP contribution in [0, 0.1) is 6.92 Å². The van der Waals surface area contributed by atoms with Gasteiger partial charge < -0.3 is 9.32 Å². The van der Waals surface area contributed by atoms with Crippen molar-refractivity contribution in [2.45, 2.75) is 13.5 Å². The molecular formula is C18H16N2O2. The minimum Gasteiger partial charge on any atom is -0.459 e. The quantitative estimate of drug-likeness (QED) is 0.734. The Morgan fingerprint density at radius 3 is 2.77 bits per heavy atom. The zero-order valence-corrected chi connectivity index (χ0v) is 12.3. The average molecular weight is 292 g/mol. The maximum Gasteiger partial charge on any atom is 0.294 e. The van der Waals surface area contributed by atoms with Gasteiger partial charge in [-0.2, -0.15) is 0 Å². The molecule has 0 spiro atoms. The third kappa shape index (κ3) is 3.06. The van der Waals surface area contributed by atoms with Crippen LogP contribution in [0.4, 0.5) is 5.69 Å². The molecule has 4 nitrogen and oxygen atoms in total. The van der Waals surface area contributed by atoms with Crippen molar-refractivity contribution in [1.82, 2.24) is 4.98 Å². The molecule has 2 heterocycles. The van der Waals surface area contributed by atoms with Gasteiger partial charge in [-0.3, -0.25) is 9.78 Å². The van der Waals surface area contributed by atoms with E-state index >= 15 is 0 Å². The first-order chi connectivity index (χ1) is 10.7. The summed E-state index contributed by atoms with van der Waals surface area (Å²) in [6.07, 6.45) is 4.98. The van der Waals surface area contributed by atoms with E-state index in [1.807, 2.05) is 43.3 Å². The third-order valence-corrected chi connectivity index (χ3v) is 3.35. The summed E-state index contributed by atoms with van der Waals surface area (Å²) >= 11 is 0. The number of nitrogens with zero attached hydrogens (tertiary/aromatic N) is 2. The summed E-state index contributed by atoms with van der Waals surface area (Å²) in [6.45, 7) is 2.44. The van der Waals surface area contributed by atoms with Crippen molar-refractivity contribution in [3.63, 3.8) is 0 Å². The van der Waals surface area contributed by atoms with E-state index in [4.69, 9.17) is 4.42 Å². The van der Waals surface area contributed by atoms with Crippen LogP contribution in [0.1, 0.15) is 21.7 Å². The molecule has 0 saturated heterocycles. The summed E-state index contributed by atoms with van der Waals surface area (Å²) in [5.74, 6) is 0.157. The van der Waals surface area contributed by atoms with Crippen molar-refractivity contribution in [2.24, 2.45) is 0 Å². The van der Waals surface area contributed by atoms with E-state index in [0.717, 1.165) is 16.8 Å². The highest BCUT2D eigenvalue weighted by molar-refractivity contribution is 6.04. The van der Waals surface area contributed by atoms with E-state index < -0.39 is 0 Å². The van der Waals surface area contributed by atoms with E-state index in [0.29, 0.717) is 12.3 Å². The predicted octanol–water partition coefficient (Wildman–Crippen LogP) is 3.83. The molecule has 1 amide bonds. The Hall–Kier alpha value is -2.88. The standard InChI is InChI=1S/C18H16N2O2/c1-14-5-2-7-16(11-14)20(13-15-6-3-9-19-12-15)18(21)17-8-4-10-22-17/h2-12H,13H2,1H3. The summed E-state index contributed by atoms with van der Waals surface area (Å²) in [4.78, 5) is 18.5. The predicted molar refractivity (Wildman–Crippen MR) is 84.6 cm³/mol. The number of aryl methyl sites for hydroxylation is 1. The van der Waals surface area contributed by atoms with E-state index in [9.17, 15) is 4.79 Å². The highest BCUT2D eigenvalue weighted by atomic mass is 16.3. The number of anilines is 1. The zero-order chi connectivity index (χ0) is 15.4. The molecule has 0 aliphatic heterocycles. The number of hydrogen-bond acceptors (Lipinski definition) is 3. The van der Waals surface area contributed by atoms with Crippen molar-refractivity contribution in [1.29, 1.82) is 0 Å². The van der Waals surface area contributed by atoms with Crippen molar-refractivity contribution in [3.8, 4) is 0 Å². The number of hydrogen-bond donors (Lipinski definition) is 0. The molecule has 0 unspecified atom stereocenters. The molecule has 0 fully saturated rings. The summed E-state index contributed by atoms with van der Waals surface area (Å²) < 4.78 is 5.26. The van der Waals surface area contributed by atoms with Gasteiger partial charge in [-0.15, -0.1) is 0 Å². The normalized spacial score (nSPS) is 10.4. The molecule has 0 aliphatic carbocycles. The fraction of sp³-hybridized carbons (Fsp3) is 0.111. The molecule has 0 saturated carbocycles. The second-order valence-electron chi connectivity index (χ2n) is 5.07.